The van der Waals surface area contributed by atoms with Crippen molar-refractivity contribution in [2.75, 3.05) is 26.7 Å². The van der Waals surface area contributed by atoms with Gasteiger partial charge in [0, 0.05) is 32.1 Å². The third kappa shape index (κ3) is 7.92. The van der Waals surface area contributed by atoms with Crippen LogP contribution in [-0.2, 0) is 20.8 Å². The number of carbonyl (C=O) groups is 3. The molecule has 1 aliphatic rings. The van der Waals surface area contributed by atoms with E-state index < -0.39 is 18.1 Å². The first-order valence-electron chi connectivity index (χ1n) is 12.8. The van der Waals surface area contributed by atoms with E-state index in [2.05, 4.69) is 16.0 Å². The Morgan fingerprint density at radius 1 is 1.00 bits per heavy atom. The van der Waals surface area contributed by atoms with Crippen molar-refractivity contribution in [2.24, 2.45) is 5.92 Å². The molecular formula is C29H38N4O4. The largest absolute Gasteiger partial charge is 0.492 e. The van der Waals surface area contributed by atoms with Gasteiger partial charge >= 0.3 is 0 Å². The molecule has 0 aliphatic carbocycles. The summed E-state index contributed by atoms with van der Waals surface area (Å²) >= 11 is 0. The number of fused-ring (bicyclic) bond motifs is 1. The van der Waals surface area contributed by atoms with Crippen molar-refractivity contribution in [1.82, 2.24) is 20.9 Å². The van der Waals surface area contributed by atoms with Gasteiger partial charge in [0.15, 0.2) is 0 Å². The Morgan fingerprint density at radius 2 is 1.70 bits per heavy atom. The van der Waals surface area contributed by atoms with Crippen LogP contribution in [0.2, 0.25) is 0 Å². The van der Waals surface area contributed by atoms with Crippen LogP contribution in [0.5, 0.6) is 5.75 Å². The van der Waals surface area contributed by atoms with Crippen LogP contribution in [0.4, 0.5) is 0 Å². The minimum absolute atomic E-state index is 0.00244. The summed E-state index contributed by atoms with van der Waals surface area (Å²) in [5, 5.41) is 9.05. The Balaban J connectivity index is 1.87. The van der Waals surface area contributed by atoms with Crippen LogP contribution >= 0.6 is 0 Å². The Hall–Kier alpha value is -3.65. The summed E-state index contributed by atoms with van der Waals surface area (Å²) in [7, 11) is 1.62. The van der Waals surface area contributed by atoms with E-state index >= 15 is 0 Å². The molecule has 3 rings (SSSR count). The first-order valence-corrected chi connectivity index (χ1v) is 12.8. The molecule has 0 aromatic heterocycles. The number of carbonyl (C=O) groups excluding carboxylic acids is 3. The normalized spacial score (nSPS) is 23.2. The molecule has 8 heteroatoms. The lowest BCUT2D eigenvalue weighted by Gasteiger charge is -2.31. The van der Waals surface area contributed by atoms with Gasteiger partial charge in [-0.05, 0) is 24.5 Å². The van der Waals surface area contributed by atoms with Gasteiger partial charge in [0.2, 0.25) is 17.7 Å². The lowest BCUT2D eigenvalue weighted by atomic mass is 10.0. The Labute approximate surface area is 219 Å². The number of rotatable bonds is 3. The first kappa shape index (κ1) is 27.9. The molecule has 8 nitrogen and oxygen atoms in total. The molecule has 3 amide bonds. The predicted octanol–water partition coefficient (Wildman–Crippen LogP) is 2.40. The maximum atomic E-state index is 13.3. The second kappa shape index (κ2) is 13.6. The number of hydrogen-bond acceptors (Lipinski definition) is 5. The molecule has 2 aromatic carbocycles. The van der Waals surface area contributed by atoms with E-state index in [4.69, 9.17) is 4.74 Å². The molecule has 3 atom stereocenters. The van der Waals surface area contributed by atoms with Gasteiger partial charge in [-0.15, -0.1) is 0 Å². The Bertz CT molecular complexity index is 1090. The fraction of sp³-hybridized carbons (Fsp3) is 0.414. The van der Waals surface area contributed by atoms with Crippen LogP contribution in [-0.4, -0.2) is 67.5 Å². The summed E-state index contributed by atoms with van der Waals surface area (Å²) < 4.78 is 5.98. The molecule has 0 spiro atoms. The van der Waals surface area contributed by atoms with Gasteiger partial charge in [-0.1, -0.05) is 74.5 Å². The van der Waals surface area contributed by atoms with Crippen LogP contribution in [0.1, 0.15) is 31.9 Å². The molecule has 0 fully saturated rings. The number of amides is 3. The van der Waals surface area contributed by atoms with Gasteiger partial charge in [0.05, 0.1) is 6.04 Å². The maximum absolute atomic E-state index is 13.3. The maximum Gasteiger partial charge on any atom is 0.243 e. The zero-order chi connectivity index (χ0) is 26.8. The predicted molar refractivity (Wildman–Crippen MR) is 145 cm³/mol. The quantitative estimate of drug-likeness (QED) is 0.594. The number of nitrogens with zero attached hydrogens (tertiary/aromatic N) is 1. The average molecular weight is 507 g/mol. The van der Waals surface area contributed by atoms with E-state index in [9.17, 15) is 14.4 Å². The van der Waals surface area contributed by atoms with Crippen LogP contribution in [0, 0.1) is 5.92 Å². The summed E-state index contributed by atoms with van der Waals surface area (Å²) in [6, 6.07) is 15.1. The van der Waals surface area contributed by atoms with Gasteiger partial charge in [-0.25, -0.2) is 0 Å². The van der Waals surface area contributed by atoms with Crippen molar-refractivity contribution in [1.29, 1.82) is 0 Å². The third-order valence-corrected chi connectivity index (χ3v) is 6.49. The van der Waals surface area contributed by atoms with Crippen molar-refractivity contribution in [3.63, 3.8) is 0 Å². The summed E-state index contributed by atoms with van der Waals surface area (Å²) in [5.41, 5.74) is 1.81. The highest BCUT2D eigenvalue weighted by atomic mass is 16.5. The van der Waals surface area contributed by atoms with Crippen LogP contribution < -0.4 is 20.7 Å². The number of benzene rings is 2. The molecule has 0 saturated carbocycles. The van der Waals surface area contributed by atoms with Gasteiger partial charge in [-0.2, -0.15) is 0 Å². The smallest absolute Gasteiger partial charge is 0.243 e. The van der Waals surface area contributed by atoms with E-state index in [0.717, 1.165) is 16.9 Å². The van der Waals surface area contributed by atoms with Crippen molar-refractivity contribution in [2.45, 2.75) is 45.3 Å². The molecule has 0 saturated heterocycles. The fourth-order valence-corrected chi connectivity index (χ4v) is 4.14. The number of nitrogens with one attached hydrogen (secondary N) is 3. The van der Waals surface area contributed by atoms with Crippen molar-refractivity contribution in [3.8, 4) is 5.75 Å². The molecule has 3 unspecified atom stereocenters. The van der Waals surface area contributed by atoms with Crippen LogP contribution in [0.3, 0.4) is 0 Å². The van der Waals surface area contributed by atoms with E-state index in [-0.39, 0.29) is 23.6 Å². The van der Waals surface area contributed by atoms with Crippen molar-refractivity contribution >= 4 is 23.8 Å². The Morgan fingerprint density at radius 3 is 2.43 bits per heavy atom. The van der Waals surface area contributed by atoms with Gasteiger partial charge < -0.3 is 25.6 Å². The third-order valence-electron chi connectivity index (χ3n) is 6.49. The van der Waals surface area contributed by atoms with E-state index in [0.29, 0.717) is 26.1 Å². The molecule has 0 radical (unpaired) electrons. The molecule has 2 aromatic rings. The van der Waals surface area contributed by atoms with E-state index in [1.165, 1.54) is 4.90 Å². The van der Waals surface area contributed by atoms with Gasteiger partial charge in [0.1, 0.15) is 24.4 Å². The zero-order valence-electron chi connectivity index (χ0n) is 22.1. The second-order valence-corrected chi connectivity index (χ2v) is 9.59. The number of ether oxygens (including phenoxy) is 1. The van der Waals surface area contributed by atoms with Crippen molar-refractivity contribution in [3.05, 3.63) is 71.8 Å². The molecule has 37 heavy (non-hydrogen) atoms. The zero-order valence-corrected chi connectivity index (χ0v) is 22.1. The highest BCUT2D eigenvalue weighted by Gasteiger charge is 2.32. The highest BCUT2D eigenvalue weighted by Crippen LogP contribution is 2.19. The molecule has 1 heterocycles. The lowest BCUT2D eigenvalue weighted by molar-refractivity contribution is -0.141. The number of hydrogen-bond donors (Lipinski definition) is 3. The summed E-state index contributed by atoms with van der Waals surface area (Å²) in [6.45, 7) is 6.72. The number of likely N-dealkylation sites (N-methyl/N-ethyl adjacent to an activating group) is 1. The molecular weight excluding hydrogens is 468 g/mol. The van der Waals surface area contributed by atoms with Crippen LogP contribution in [0.25, 0.3) is 6.08 Å². The summed E-state index contributed by atoms with van der Waals surface area (Å²) in [6.07, 6.45) is 4.08. The highest BCUT2D eigenvalue weighted by molar-refractivity contribution is 5.93. The fourth-order valence-electron chi connectivity index (χ4n) is 4.14. The number of para-hydroxylation sites is 1. The van der Waals surface area contributed by atoms with Gasteiger partial charge in [0.25, 0.3) is 0 Å². The van der Waals surface area contributed by atoms with E-state index in [1.807, 2.05) is 80.6 Å². The average Bonchev–Trinajstić information content (AvgIpc) is 2.89. The molecule has 1 aliphatic heterocycles. The van der Waals surface area contributed by atoms with Gasteiger partial charge in [-0.3, -0.25) is 14.4 Å². The van der Waals surface area contributed by atoms with Crippen molar-refractivity contribution < 1.29 is 19.1 Å². The second-order valence-electron chi connectivity index (χ2n) is 9.59. The minimum Gasteiger partial charge on any atom is -0.492 e. The SMILES string of the molecule is CC(C)C1NCCOc2ccccc2/C=C\CNC(=O)C(Cc2ccccc2)NC(=O)C(C)N(C)C1=O. The first-order chi connectivity index (χ1) is 17.8. The molecule has 0 bridgehead atoms. The standard InChI is InChI=1S/C29H38N4O4/c1-20(2)26-29(36)33(4)21(3)27(34)32-24(19-22-11-6-5-7-12-22)28(35)31-16-10-14-23-13-8-9-15-25(23)37-18-17-30-26/h5-15,20-21,24,26,30H,16-19H2,1-4H3,(H,31,35)(H,32,34)/b14-10-. The summed E-state index contributed by atoms with van der Waals surface area (Å²) in [5.74, 6) is -0.145. The monoisotopic (exact) mass is 506 g/mol. The van der Waals surface area contributed by atoms with E-state index in [1.54, 1.807) is 14.0 Å². The topological polar surface area (TPSA) is 99.8 Å². The Kier molecular flexibility index (Phi) is 10.3. The lowest BCUT2D eigenvalue weighted by Crippen LogP contribution is -2.57. The minimum atomic E-state index is -0.789. The summed E-state index contributed by atoms with van der Waals surface area (Å²) in [4.78, 5) is 41.1. The van der Waals surface area contributed by atoms with Crippen LogP contribution in [0.15, 0.2) is 60.7 Å². The molecule has 3 N–H and O–H groups in total. The molecule has 198 valence electrons.